The fourth-order valence-electron chi connectivity index (χ4n) is 2.01. The molecule has 1 saturated carbocycles. The Bertz CT molecular complexity index is 357. The van der Waals surface area contributed by atoms with Gasteiger partial charge in [-0.05, 0) is 18.8 Å². The van der Waals surface area contributed by atoms with Crippen LogP contribution in [0.1, 0.15) is 43.4 Å². The van der Waals surface area contributed by atoms with Crippen molar-refractivity contribution in [3.05, 3.63) is 11.7 Å². The summed E-state index contributed by atoms with van der Waals surface area (Å²) < 4.78 is 40.8. The molecule has 0 spiro atoms. The number of hydrogen-bond donors (Lipinski definition) is 1. The van der Waals surface area contributed by atoms with Crippen LogP contribution in [-0.4, -0.2) is 10.1 Å². The Hall–Kier alpha value is -1.11. The lowest BCUT2D eigenvalue weighted by Crippen LogP contribution is -2.20. The predicted molar refractivity (Wildman–Crippen MR) is 48.2 cm³/mol. The Labute approximate surface area is 90.0 Å². The molecule has 7 heteroatoms. The number of nitrogens with zero attached hydrogens (tertiary/aromatic N) is 2. The molecule has 1 aliphatic rings. The summed E-state index contributed by atoms with van der Waals surface area (Å²) in [5, 5.41) is 3.30. The van der Waals surface area contributed by atoms with Gasteiger partial charge >= 0.3 is 12.1 Å². The maximum Gasteiger partial charge on any atom is 0.471 e. The Kier molecular flexibility index (Phi) is 2.88. The van der Waals surface area contributed by atoms with Gasteiger partial charge in [0.25, 0.3) is 0 Å². The lowest BCUT2D eigenvalue weighted by Gasteiger charge is -2.14. The molecule has 0 aliphatic heterocycles. The first-order valence-corrected chi connectivity index (χ1v) is 5.15. The first-order chi connectivity index (χ1) is 7.48. The molecule has 4 nitrogen and oxygen atoms in total. The fourth-order valence-corrected chi connectivity index (χ4v) is 2.01. The zero-order chi connectivity index (χ0) is 11.8. The molecule has 0 saturated heterocycles. The molecule has 1 aromatic heterocycles. The second kappa shape index (κ2) is 4.04. The van der Waals surface area contributed by atoms with Crippen molar-refractivity contribution in [3.63, 3.8) is 0 Å². The molecule has 0 radical (unpaired) electrons. The van der Waals surface area contributed by atoms with E-state index in [-0.39, 0.29) is 11.7 Å². The Morgan fingerprint density at radius 1 is 1.31 bits per heavy atom. The Morgan fingerprint density at radius 2 is 1.94 bits per heavy atom. The minimum absolute atomic E-state index is 0.0424. The third-order valence-electron chi connectivity index (χ3n) is 2.89. The second-order valence-corrected chi connectivity index (χ2v) is 4.03. The standard InChI is InChI=1S/C9H12F3N3O/c10-9(11,12)8-14-7(15-16-8)6(13)5-3-1-2-4-5/h5-6H,1-4,13H2. The van der Waals surface area contributed by atoms with Gasteiger partial charge in [0.1, 0.15) is 0 Å². The molecular weight excluding hydrogens is 223 g/mol. The maximum atomic E-state index is 12.2. The van der Waals surface area contributed by atoms with Crippen molar-refractivity contribution >= 4 is 0 Å². The maximum absolute atomic E-state index is 12.2. The smallest absolute Gasteiger partial charge is 0.329 e. The van der Waals surface area contributed by atoms with Crippen molar-refractivity contribution in [1.29, 1.82) is 0 Å². The van der Waals surface area contributed by atoms with E-state index in [9.17, 15) is 13.2 Å². The van der Waals surface area contributed by atoms with Crippen LogP contribution in [0.4, 0.5) is 13.2 Å². The normalized spacial score (nSPS) is 20.2. The Balaban J connectivity index is 2.12. The molecule has 2 rings (SSSR count). The van der Waals surface area contributed by atoms with Crippen LogP contribution in [0.5, 0.6) is 0 Å². The van der Waals surface area contributed by atoms with Crippen LogP contribution >= 0.6 is 0 Å². The molecule has 0 bridgehead atoms. The van der Waals surface area contributed by atoms with Crippen molar-refractivity contribution in [2.24, 2.45) is 11.7 Å². The van der Waals surface area contributed by atoms with Gasteiger partial charge in [-0.1, -0.05) is 18.0 Å². The molecule has 1 aliphatic carbocycles. The number of nitrogens with two attached hydrogens (primary N) is 1. The van der Waals surface area contributed by atoms with E-state index >= 15 is 0 Å². The molecule has 16 heavy (non-hydrogen) atoms. The van der Waals surface area contributed by atoms with E-state index in [1.807, 2.05) is 0 Å². The molecule has 0 aromatic carbocycles. The van der Waals surface area contributed by atoms with Crippen LogP contribution in [0.25, 0.3) is 0 Å². The van der Waals surface area contributed by atoms with Crippen LogP contribution in [0.15, 0.2) is 4.52 Å². The van der Waals surface area contributed by atoms with Crippen LogP contribution in [-0.2, 0) is 6.18 Å². The summed E-state index contributed by atoms with van der Waals surface area (Å²) in [7, 11) is 0. The number of aromatic nitrogens is 2. The van der Waals surface area contributed by atoms with E-state index in [0.29, 0.717) is 0 Å². The molecule has 1 heterocycles. The third kappa shape index (κ3) is 2.18. The number of halogens is 3. The van der Waals surface area contributed by atoms with Gasteiger partial charge in [0.05, 0.1) is 6.04 Å². The summed E-state index contributed by atoms with van der Waals surface area (Å²) in [5.74, 6) is -1.20. The van der Waals surface area contributed by atoms with Gasteiger partial charge in [-0.3, -0.25) is 0 Å². The lowest BCUT2D eigenvalue weighted by atomic mass is 9.99. The van der Waals surface area contributed by atoms with E-state index in [1.54, 1.807) is 0 Å². The van der Waals surface area contributed by atoms with Gasteiger partial charge in [0.2, 0.25) is 0 Å². The van der Waals surface area contributed by atoms with Crippen LogP contribution in [0.3, 0.4) is 0 Å². The van der Waals surface area contributed by atoms with Crippen LogP contribution in [0.2, 0.25) is 0 Å². The quantitative estimate of drug-likeness (QED) is 0.854. The molecule has 0 amide bonds. The summed E-state index contributed by atoms with van der Waals surface area (Å²) >= 11 is 0. The molecular formula is C9H12F3N3O. The molecule has 2 N–H and O–H groups in total. The number of hydrogen-bond acceptors (Lipinski definition) is 4. The average molecular weight is 235 g/mol. The van der Waals surface area contributed by atoms with Gasteiger partial charge in [-0.2, -0.15) is 18.2 Å². The topological polar surface area (TPSA) is 64.9 Å². The lowest BCUT2D eigenvalue weighted by molar-refractivity contribution is -0.159. The van der Waals surface area contributed by atoms with E-state index in [1.165, 1.54) is 0 Å². The van der Waals surface area contributed by atoms with Crippen molar-refractivity contribution in [2.75, 3.05) is 0 Å². The summed E-state index contributed by atoms with van der Waals surface area (Å²) in [6.45, 7) is 0. The average Bonchev–Trinajstić information content (AvgIpc) is 2.87. The first kappa shape index (κ1) is 11.4. The largest absolute Gasteiger partial charge is 0.471 e. The van der Waals surface area contributed by atoms with E-state index in [2.05, 4.69) is 14.7 Å². The molecule has 90 valence electrons. The summed E-state index contributed by atoms with van der Waals surface area (Å²) in [5.41, 5.74) is 5.80. The van der Waals surface area contributed by atoms with Crippen molar-refractivity contribution < 1.29 is 17.7 Å². The number of rotatable bonds is 2. The minimum Gasteiger partial charge on any atom is -0.329 e. The summed E-state index contributed by atoms with van der Waals surface area (Å²) in [4.78, 5) is 3.30. The second-order valence-electron chi connectivity index (χ2n) is 4.03. The van der Waals surface area contributed by atoms with Crippen LogP contribution < -0.4 is 5.73 Å². The predicted octanol–water partition coefficient (Wildman–Crippen LogP) is 2.28. The van der Waals surface area contributed by atoms with Gasteiger partial charge in [0, 0.05) is 0 Å². The first-order valence-electron chi connectivity index (χ1n) is 5.15. The third-order valence-corrected chi connectivity index (χ3v) is 2.89. The van der Waals surface area contributed by atoms with Crippen molar-refractivity contribution in [1.82, 2.24) is 10.1 Å². The highest BCUT2D eigenvalue weighted by molar-refractivity contribution is 4.98. The SMILES string of the molecule is NC(c1noc(C(F)(F)F)n1)C1CCCC1. The summed E-state index contributed by atoms with van der Waals surface area (Å²) in [6, 6.07) is -0.553. The van der Waals surface area contributed by atoms with Gasteiger partial charge < -0.3 is 10.3 Å². The van der Waals surface area contributed by atoms with Gasteiger partial charge in [-0.15, -0.1) is 0 Å². The highest BCUT2D eigenvalue weighted by atomic mass is 19.4. The number of alkyl halides is 3. The molecule has 1 atom stereocenters. The van der Waals surface area contributed by atoms with Crippen LogP contribution in [0, 0.1) is 5.92 Å². The molecule has 1 aromatic rings. The zero-order valence-electron chi connectivity index (χ0n) is 8.50. The summed E-state index contributed by atoms with van der Waals surface area (Å²) in [6.07, 6.45) is -0.653. The zero-order valence-corrected chi connectivity index (χ0v) is 8.50. The van der Waals surface area contributed by atoms with E-state index < -0.39 is 18.1 Å². The highest BCUT2D eigenvalue weighted by Crippen LogP contribution is 2.34. The van der Waals surface area contributed by atoms with E-state index in [4.69, 9.17) is 5.73 Å². The van der Waals surface area contributed by atoms with E-state index in [0.717, 1.165) is 25.7 Å². The highest BCUT2D eigenvalue weighted by Gasteiger charge is 2.39. The van der Waals surface area contributed by atoms with Crippen molar-refractivity contribution in [2.45, 2.75) is 37.9 Å². The van der Waals surface area contributed by atoms with Crippen molar-refractivity contribution in [3.8, 4) is 0 Å². The fraction of sp³-hybridized carbons (Fsp3) is 0.778. The molecule has 1 unspecified atom stereocenters. The monoisotopic (exact) mass is 235 g/mol. The Morgan fingerprint density at radius 3 is 2.44 bits per heavy atom. The minimum atomic E-state index is -4.60. The van der Waals surface area contributed by atoms with Gasteiger partial charge in [-0.25, -0.2) is 0 Å². The molecule has 1 fully saturated rings. The van der Waals surface area contributed by atoms with Gasteiger partial charge in [0.15, 0.2) is 5.82 Å².